The number of hydrogen-bond acceptors (Lipinski definition) is 4. The number of nitrogens with one attached hydrogen (secondary N) is 1. The lowest BCUT2D eigenvalue weighted by atomic mass is 10.1. The van der Waals surface area contributed by atoms with Gasteiger partial charge < -0.3 is 15.8 Å². The number of benzene rings is 1. The Balaban J connectivity index is 1.84. The summed E-state index contributed by atoms with van der Waals surface area (Å²) in [5.74, 6) is -0.434. The highest BCUT2D eigenvalue weighted by molar-refractivity contribution is 7.14. The first kappa shape index (κ1) is 16.9. The van der Waals surface area contributed by atoms with Crippen molar-refractivity contribution in [3.8, 4) is 0 Å². The van der Waals surface area contributed by atoms with Gasteiger partial charge in [-0.25, -0.2) is 0 Å². The van der Waals surface area contributed by atoms with Gasteiger partial charge in [-0.15, -0.1) is 11.3 Å². The number of hydrogen-bond donors (Lipinski definition) is 2. The van der Waals surface area contributed by atoms with E-state index in [1.807, 2.05) is 0 Å². The first-order valence-electron chi connectivity index (χ1n) is 7.28. The molecular formula is C16H15F3N2O2S. The molecule has 0 bridgehead atoms. The third-order valence-electron chi connectivity index (χ3n) is 3.67. The van der Waals surface area contributed by atoms with Crippen molar-refractivity contribution < 1.29 is 22.7 Å². The van der Waals surface area contributed by atoms with Gasteiger partial charge in [-0.1, -0.05) is 0 Å². The molecule has 1 aromatic carbocycles. The number of amides is 1. The van der Waals surface area contributed by atoms with Gasteiger partial charge >= 0.3 is 6.18 Å². The number of carbonyl (C=O) groups excluding carboxylic acids is 1. The van der Waals surface area contributed by atoms with Crippen LogP contribution in [0.2, 0.25) is 0 Å². The van der Waals surface area contributed by atoms with Gasteiger partial charge in [0.1, 0.15) is 0 Å². The molecule has 0 unspecified atom stereocenters. The molecule has 0 fully saturated rings. The summed E-state index contributed by atoms with van der Waals surface area (Å²) in [6.07, 6.45) is -3.75. The minimum atomic E-state index is -4.50. The summed E-state index contributed by atoms with van der Waals surface area (Å²) in [6.45, 7) is 1.03. The van der Waals surface area contributed by atoms with E-state index in [0.29, 0.717) is 23.7 Å². The van der Waals surface area contributed by atoms with Crippen molar-refractivity contribution in [3.63, 3.8) is 0 Å². The Kier molecular flexibility index (Phi) is 4.62. The summed E-state index contributed by atoms with van der Waals surface area (Å²) in [4.78, 5) is 13.9. The highest BCUT2D eigenvalue weighted by atomic mass is 32.1. The van der Waals surface area contributed by atoms with E-state index >= 15 is 0 Å². The Hall–Kier alpha value is -1.90. The van der Waals surface area contributed by atoms with E-state index in [2.05, 4.69) is 5.32 Å². The van der Waals surface area contributed by atoms with E-state index < -0.39 is 17.6 Å². The largest absolute Gasteiger partial charge is 0.416 e. The van der Waals surface area contributed by atoms with Gasteiger partial charge in [0.2, 0.25) is 0 Å². The monoisotopic (exact) mass is 356 g/mol. The Morgan fingerprint density at radius 2 is 2.08 bits per heavy atom. The van der Waals surface area contributed by atoms with Gasteiger partial charge in [0, 0.05) is 23.5 Å². The summed E-state index contributed by atoms with van der Waals surface area (Å²) >= 11 is 1.34. The minimum Gasteiger partial charge on any atom is -0.376 e. The summed E-state index contributed by atoms with van der Waals surface area (Å²) < 4.78 is 44.1. The number of nitrogens with two attached hydrogens (primary N) is 1. The average Bonchev–Trinajstić information content (AvgIpc) is 2.98. The highest BCUT2D eigenvalue weighted by Crippen LogP contribution is 2.32. The van der Waals surface area contributed by atoms with Crippen LogP contribution in [0.4, 0.5) is 18.9 Å². The van der Waals surface area contributed by atoms with Crippen LogP contribution in [0.25, 0.3) is 0 Å². The molecule has 8 heteroatoms. The van der Waals surface area contributed by atoms with Gasteiger partial charge in [0.15, 0.2) is 0 Å². The average molecular weight is 356 g/mol. The minimum absolute atomic E-state index is 0.0442. The van der Waals surface area contributed by atoms with E-state index in [0.717, 1.165) is 29.0 Å². The number of carbonyl (C=O) groups is 1. The summed E-state index contributed by atoms with van der Waals surface area (Å²) in [7, 11) is 0. The topological polar surface area (TPSA) is 64.3 Å². The number of thiophene rings is 1. The molecule has 128 valence electrons. The summed E-state index contributed by atoms with van der Waals surface area (Å²) in [5, 5.41) is 2.53. The van der Waals surface area contributed by atoms with Crippen molar-refractivity contribution in [2.24, 2.45) is 5.73 Å². The predicted octanol–water partition coefficient (Wildman–Crippen LogP) is 3.55. The van der Waals surface area contributed by atoms with Crippen molar-refractivity contribution in [2.75, 3.05) is 11.9 Å². The second-order valence-electron chi connectivity index (χ2n) is 5.44. The molecule has 1 aromatic heterocycles. The van der Waals surface area contributed by atoms with Gasteiger partial charge in [-0.05, 0) is 35.4 Å². The second kappa shape index (κ2) is 6.54. The predicted molar refractivity (Wildman–Crippen MR) is 85.0 cm³/mol. The molecular weight excluding hydrogens is 341 g/mol. The molecule has 1 aliphatic rings. The highest BCUT2D eigenvalue weighted by Gasteiger charge is 2.31. The summed E-state index contributed by atoms with van der Waals surface area (Å²) in [5.41, 5.74) is 5.96. The van der Waals surface area contributed by atoms with Crippen molar-refractivity contribution >= 4 is 22.9 Å². The number of fused-ring (bicyclic) bond motifs is 1. The van der Waals surface area contributed by atoms with Crippen LogP contribution < -0.4 is 11.1 Å². The van der Waals surface area contributed by atoms with Gasteiger partial charge in [0.25, 0.3) is 5.91 Å². The van der Waals surface area contributed by atoms with Crippen LogP contribution in [0.1, 0.15) is 31.2 Å². The molecule has 0 saturated carbocycles. The normalized spacial score (nSPS) is 14.3. The Labute approximate surface area is 140 Å². The van der Waals surface area contributed by atoms with E-state index in [1.54, 1.807) is 6.07 Å². The number of halogens is 3. The lowest BCUT2D eigenvalue weighted by Gasteiger charge is -2.12. The van der Waals surface area contributed by atoms with Crippen LogP contribution in [-0.2, 0) is 30.5 Å². The summed E-state index contributed by atoms with van der Waals surface area (Å²) in [6, 6.07) is 5.07. The molecule has 24 heavy (non-hydrogen) atoms. The SMILES string of the molecule is NCc1cc(NC(=O)c2cc3c(s2)CCOC3)cc(C(F)(F)F)c1. The Morgan fingerprint density at radius 3 is 2.75 bits per heavy atom. The number of ether oxygens (including phenoxy) is 1. The molecule has 3 N–H and O–H groups in total. The van der Waals surface area contributed by atoms with E-state index in [1.165, 1.54) is 17.4 Å². The quantitative estimate of drug-likeness (QED) is 0.884. The van der Waals surface area contributed by atoms with Crippen molar-refractivity contribution in [2.45, 2.75) is 25.7 Å². The zero-order valence-corrected chi connectivity index (χ0v) is 13.4. The molecule has 2 aromatic rings. The van der Waals surface area contributed by atoms with Crippen LogP contribution in [0.3, 0.4) is 0 Å². The van der Waals surface area contributed by atoms with Crippen LogP contribution in [-0.4, -0.2) is 12.5 Å². The lowest BCUT2D eigenvalue weighted by Crippen LogP contribution is -2.13. The Bertz CT molecular complexity index is 748. The van der Waals surface area contributed by atoms with Gasteiger partial charge in [-0.3, -0.25) is 4.79 Å². The van der Waals surface area contributed by atoms with Crippen molar-refractivity contribution in [1.82, 2.24) is 0 Å². The Morgan fingerprint density at radius 1 is 1.29 bits per heavy atom. The third-order valence-corrected chi connectivity index (χ3v) is 4.90. The van der Waals surface area contributed by atoms with Crippen molar-refractivity contribution in [1.29, 1.82) is 0 Å². The van der Waals surface area contributed by atoms with E-state index in [9.17, 15) is 18.0 Å². The van der Waals surface area contributed by atoms with Crippen LogP contribution in [0, 0.1) is 0 Å². The molecule has 4 nitrogen and oxygen atoms in total. The number of anilines is 1. The maximum Gasteiger partial charge on any atom is 0.416 e. The van der Waals surface area contributed by atoms with Gasteiger partial charge in [0.05, 0.1) is 23.7 Å². The molecule has 0 radical (unpaired) electrons. The van der Waals surface area contributed by atoms with E-state index in [4.69, 9.17) is 10.5 Å². The van der Waals surface area contributed by atoms with Crippen LogP contribution in [0.5, 0.6) is 0 Å². The molecule has 1 aliphatic heterocycles. The molecule has 2 heterocycles. The zero-order valence-electron chi connectivity index (χ0n) is 12.6. The van der Waals surface area contributed by atoms with E-state index in [-0.39, 0.29) is 12.2 Å². The lowest BCUT2D eigenvalue weighted by molar-refractivity contribution is -0.137. The molecule has 3 rings (SSSR count). The fourth-order valence-corrected chi connectivity index (χ4v) is 3.54. The second-order valence-corrected chi connectivity index (χ2v) is 6.57. The maximum atomic E-state index is 12.9. The first-order chi connectivity index (χ1) is 11.4. The smallest absolute Gasteiger partial charge is 0.376 e. The third kappa shape index (κ3) is 3.61. The van der Waals surface area contributed by atoms with Crippen molar-refractivity contribution in [3.05, 3.63) is 50.7 Å². The maximum absolute atomic E-state index is 12.9. The first-order valence-corrected chi connectivity index (χ1v) is 8.10. The number of alkyl halides is 3. The molecule has 0 spiro atoms. The van der Waals surface area contributed by atoms with Crippen LogP contribution >= 0.6 is 11.3 Å². The standard InChI is InChI=1S/C16H15F3N2O2S/c17-16(18,19)11-3-9(7-20)4-12(6-11)21-15(22)14-5-10-8-23-2-1-13(10)24-14/h3-6H,1-2,7-8,20H2,(H,21,22). The van der Waals surface area contributed by atoms with Crippen LogP contribution in [0.15, 0.2) is 24.3 Å². The fourth-order valence-electron chi connectivity index (χ4n) is 2.50. The molecule has 0 atom stereocenters. The molecule has 1 amide bonds. The molecule has 0 saturated heterocycles. The zero-order chi connectivity index (χ0) is 17.3. The van der Waals surface area contributed by atoms with Gasteiger partial charge in [-0.2, -0.15) is 13.2 Å². The molecule has 0 aliphatic carbocycles. The number of rotatable bonds is 3. The fraction of sp³-hybridized carbons (Fsp3) is 0.312.